The number of aliphatic hydroxyl groups excluding tert-OH is 2. The van der Waals surface area contributed by atoms with E-state index in [1.165, 1.54) is 19.2 Å². The van der Waals surface area contributed by atoms with Crippen LogP contribution in [0, 0.1) is 0 Å². The quantitative estimate of drug-likeness (QED) is 0.469. The number of nitrogens with zero attached hydrogens (tertiary/aromatic N) is 3. The predicted octanol–water partition coefficient (Wildman–Crippen LogP) is 1.79. The van der Waals surface area contributed by atoms with E-state index in [0.717, 1.165) is 10.6 Å². The molecule has 0 radical (unpaired) electrons. The third-order valence-corrected chi connectivity index (χ3v) is 5.43. The Balaban J connectivity index is 3.66. The van der Waals surface area contributed by atoms with Crippen LogP contribution in [0.4, 0.5) is 5.95 Å². The van der Waals surface area contributed by atoms with E-state index < -0.39 is 34.6 Å². The first-order valence-electron chi connectivity index (χ1n) is 9.21. The highest BCUT2D eigenvalue weighted by molar-refractivity contribution is 7.92. The first-order chi connectivity index (χ1) is 13.8. The maximum absolute atomic E-state index is 12.0. The Kier molecular flexibility index (Phi) is 8.89. The first-order valence-corrected chi connectivity index (χ1v) is 11.1. The topological polar surface area (TPSA) is 141 Å². The summed E-state index contributed by atoms with van der Waals surface area (Å²) in [4.78, 5) is 19.6. The third-order valence-electron chi connectivity index (χ3n) is 4.27. The zero-order valence-corrected chi connectivity index (χ0v) is 18.6. The minimum absolute atomic E-state index is 0.00313. The van der Waals surface area contributed by atoms with Crippen LogP contribution in [0.25, 0.3) is 11.6 Å². The van der Waals surface area contributed by atoms with E-state index in [9.17, 15) is 23.4 Å². The monoisotopic (exact) mass is 439 g/mol. The van der Waals surface area contributed by atoms with Crippen molar-refractivity contribution in [1.29, 1.82) is 0 Å². The second-order valence-corrected chi connectivity index (χ2v) is 9.17. The lowest BCUT2D eigenvalue weighted by molar-refractivity contribution is -0.140. The third kappa shape index (κ3) is 6.75. The average molecular weight is 440 g/mol. The van der Waals surface area contributed by atoms with Gasteiger partial charge in [0, 0.05) is 12.6 Å². The Hall–Kier alpha value is -2.56. The van der Waals surface area contributed by atoms with Gasteiger partial charge in [-0.15, -0.1) is 0 Å². The van der Waals surface area contributed by atoms with Crippen LogP contribution in [0.5, 0.6) is 0 Å². The van der Waals surface area contributed by atoms with Gasteiger partial charge in [0.1, 0.15) is 0 Å². The molecule has 0 spiro atoms. The Morgan fingerprint density at radius 1 is 1.27 bits per heavy atom. The van der Waals surface area contributed by atoms with Crippen LogP contribution in [0.2, 0.25) is 0 Å². The Bertz CT molecular complexity index is 954. The Labute approximate surface area is 177 Å². The van der Waals surface area contributed by atoms with Gasteiger partial charge in [-0.25, -0.2) is 22.7 Å². The molecule has 1 heterocycles. The lowest BCUT2D eigenvalue weighted by Crippen LogP contribution is -2.28. The SMILES string of the molecule is C=C/C=C(\C)c1nc(N(C)S(C)(=O)=O)nc(C(C)C)c1/C=C/[C@@H](O)[C@@H](O)CC(=O)O. The highest BCUT2D eigenvalue weighted by atomic mass is 32.2. The average Bonchev–Trinajstić information content (AvgIpc) is 2.63. The van der Waals surface area contributed by atoms with Crippen molar-refractivity contribution in [3.8, 4) is 0 Å². The highest BCUT2D eigenvalue weighted by Crippen LogP contribution is 2.29. The predicted molar refractivity (Wildman–Crippen MR) is 117 cm³/mol. The molecule has 1 aromatic heterocycles. The second-order valence-electron chi connectivity index (χ2n) is 7.16. The molecule has 10 heteroatoms. The molecule has 1 rings (SSSR count). The van der Waals surface area contributed by atoms with Crippen LogP contribution in [0.15, 0.2) is 24.8 Å². The van der Waals surface area contributed by atoms with Crippen molar-refractivity contribution in [2.45, 2.75) is 45.3 Å². The fraction of sp³-hybridized carbons (Fsp3) is 0.450. The summed E-state index contributed by atoms with van der Waals surface area (Å²) in [5, 5.41) is 28.7. The van der Waals surface area contributed by atoms with E-state index >= 15 is 0 Å². The molecule has 3 N–H and O–H groups in total. The summed E-state index contributed by atoms with van der Waals surface area (Å²) in [7, 11) is -2.24. The number of hydrogen-bond acceptors (Lipinski definition) is 7. The molecule has 2 atom stereocenters. The van der Waals surface area contributed by atoms with E-state index in [2.05, 4.69) is 16.5 Å². The van der Waals surface area contributed by atoms with Gasteiger partial charge in [-0.05, 0) is 18.4 Å². The van der Waals surface area contributed by atoms with Crippen LogP contribution in [-0.4, -0.2) is 65.2 Å². The standard InChI is InChI=1S/C20H29N3O6S/c1-7-8-13(4)19-14(9-10-15(24)16(25)11-17(26)27)18(12(2)3)21-20(22-19)23(5)30(6,28)29/h7-10,12,15-16,24-25H,1,11H2,2-6H3,(H,26,27)/b10-9+,13-8+/t15-,16+/m1/s1. The van der Waals surface area contributed by atoms with Crippen molar-refractivity contribution in [3.63, 3.8) is 0 Å². The van der Waals surface area contributed by atoms with Crippen molar-refractivity contribution in [2.75, 3.05) is 17.6 Å². The van der Waals surface area contributed by atoms with E-state index in [-0.39, 0.29) is 11.9 Å². The minimum Gasteiger partial charge on any atom is -0.481 e. The van der Waals surface area contributed by atoms with E-state index in [1.54, 1.807) is 19.1 Å². The highest BCUT2D eigenvalue weighted by Gasteiger charge is 2.23. The van der Waals surface area contributed by atoms with Crippen molar-refractivity contribution in [1.82, 2.24) is 9.97 Å². The number of carboxylic acid groups (broad SMARTS) is 1. The molecule has 0 saturated heterocycles. The number of carboxylic acids is 1. The maximum atomic E-state index is 12.0. The van der Waals surface area contributed by atoms with E-state index in [1.807, 2.05) is 13.8 Å². The molecule has 0 bridgehead atoms. The molecular formula is C20H29N3O6S. The number of rotatable bonds is 10. The number of sulfonamides is 1. The number of aliphatic carboxylic acids is 1. The summed E-state index contributed by atoms with van der Waals surface area (Å²) in [6, 6.07) is 0. The van der Waals surface area contributed by atoms with Crippen molar-refractivity contribution >= 4 is 33.6 Å². The summed E-state index contributed by atoms with van der Waals surface area (Å²) in [5.41, 5.74) is 2.15. The van der Waals surface area contributed by atoms with Gasteiger partial charge in [0.25, 0.3) is 0 Å². The van der Waals surface area contributed by atoms with E-state index in [4.69, 9.17) is 5.11 Å². The number of carbonyl (C=O) groups is 1. The number of anilines is 1. The molecule has 0 aliphatic rings. The Morgan fingerprint density at radius 2 is 1.87 bits per heavy atom. The number of allylic oxidation sites excluding steroid dienone is 3. The normalized spacial score (nSPS) is 14.7. The van der Waals surface area contributed by atoms with E-state index in [0.29, 0.717) is 22.5 Å². The van der Waals surface area contributed by atoms with Gasteiger partial charge in [-0.3, -0.25) is 4.79 Å². The lowest BCUT2D eigenvalue weighted by Gasteiger charge is -2.21. The van der Waals surface area contributed by atoms with Gasteiger partial charge >= 0.3 is 5.97 Å². The van der Waals surface area contributed by atoms with Crippen molar-refractivity contribution in [2.24, 2.45) is 0 Å². The first kappa shape index (κ1) is 25.5. The van der Waals surface area contributed by atoms with Gasteiger partial charge < -0.3 is 15.3 Å². The van der Waals surface area contributed by atoms with Crippen LogP contribution in [-0.2, 0) is 14.8 Å². The smallest absolute Gasteiger partial charge is 0.306 e. The van der Waals surface area contributed by atoms with Crippen molar-refractivity contribution in [3.05, 3.63) is 41.8 Å². The fourth-order valence-corrected chi connectivity index (χ4v) is 2.93. The molecular weight excluding hydrogens is 410 g/mol. The summed E-state index contributed by atoms with van der Waals surface area (Å²) in [6.45, 7) is 9.17. The fourth-order valence-electron chi connectivity index (χ4n) is 2.55. The summed E-state index contributed by atoms with van der Waals surface area (Å²) < 4.78 is 24.9. The molecule has 1 aromatic rings. The lowest BCUT2D eigenvalue weighted by atomic mass is 9.97. The summed E-state index contributed by atoms with van der Waals surface area (Å²) in [6.07, 6.45) is 3.57. The van der Waals surface area contributed by atoms with Gasteiger partial charge in [0.05, 0.1) is 36.3 Å². The molecule has 0 unspecified atom stereocenters. The van der Waals surface area contributed by atoms with Crippen molar-refractivity contribution < 1.29 is 28.5 Å². The van der Waals surface area contributed by atoms with Gasteiger partial charge in [-0.2, -0.15) is 0 Å². The molecule has 30 heavy (non-hydrogen) atoms. The number of hydrogen-bond donors (Lipinski definition) is 3. The molecule has 0 aromatic carbocycles. The number of aliphatic hydroxyl groups is 2. The largest absolute Gasteiger partial charge is 0.481 e. The maximum Gasteiger partial charge on any atom is 0.306 e. The molecule has 0 amide bonds. The molecule has 0 aliphatic carbocycles. The minimum atomic E-state index is -3.59. The van der Waals surface area contributed by atoms with Crippen LogP contribution >= 0.6 is 0 Å². The summed E-state index contributed by atoms with van der Waals surface area (Å²) in [5.74, 6) is -1.37. The van der Waals surface area contributed by atoms with Gasteiger partial charge in [0.2, 0.25) is 16.0 Å². The molecule has 9 nitrogen and oxygen atoms in total. The van der Waals surface area contributed by atoms with Gasteiger partial charge in [0.15, 0.2) is 0 Å². The van der Waals surface area contributed by atoms with Crippen LogP contribution < -0.4 is 4.31 Å². The zero-order chi connectivity index (χ0) is 23.2. The van der Waals surface area contributed by atoms with Crippen LogP contribution in [0.1, 0.15) is 50.1 Å². The van der Waals surface area contributed by atoms with Gasteiger partial charge in [-0.1, -0.05) is 44.7 Å². The zero-order valence-electron chi connectivity index (χ0n) is 17.8. The Morgan fingerprint density at radius 3 is 2.33 bits per heavy atom. The molecule has 0 saturated carbocycles. The number of aromatic nitrogens is 2. The molecule has 0 aliphatic heterocycles. The summed E-state index contributed by atoms with van der Waals surface area (Å²) >= 11 is 0. The molecule has 0 fully saturated rings. The van der Waals surface area contributed by atoms with Crippen LogP contribution in [0.3, 0.4) is 0 Å². The second kappa shape index (κ2) is 10.5. The molecule has 166 valence electrons.